The lowest BCUT2D eigenvalue weighted by atomic mass is 10.2. The van der Waals surface area contributed by atoms with Gasteiger partial charge in [0.25, 0.3) is 0 Å². The number of nitrogens with one attached hydrogen (secondary N) is 2. The molecule has 0 fully saturated rings. The summed E-state index contributed by atoms with van der Waals surface area (Å²) in [4.78, 5) is 4.71. The van der Waals surface area contributed by atoms with Crippen molar-refractivity contribution in [2.24, 2.45) is 10.9 Å². The maximum atomic E-state index is 5.95. The van der Waals surface area contributed by atoms with Crippen LogP contribution in [0.5, 0.6) is 23.0 Å². The van der Waals surface area contributed by atoms with Crippen LogP contribution < -0.4 is 29.6 Å². The number of guanidine groups is 1. The number of benzene rings is 2. The molecule has 178 valence electrons. The highest BCUT2D eigenvalue weighted by atomic mass is 127. The average Bonchev–Trinajstić information content (AvgIpc) is 2.79. The second-order valence-corrected chi connectivity index (χ2v) is 7.39. The number of hydrogen-bond acceptors (Lipinski definition) is 5. The number of methoxy groups -OCH3 is 3. The minimum absolute atomic E-state index is 0. The van der Waals surface area contributed by atoms with E-state index in [0.29, 0.717) is 42.9 Å². The smallest absolute Gasteiger partial charge is 0.203 e. The molecule has 0 aliphatic heterocycles. The van der Waals surface area contributed by atoms with Crippen molar-refractivity contribution in [3.8, 4) is 23.0 Å². The molecule has 2 aromatic carbocycles. The van der Waals surface area contributed by atoms with E-state index in [1.54, 1.807) is 21.3 Å². The molecule has 0 aliphatic rings. The number of hydrogen-bond donors (Lipinski definition) is 2. The average molecular weight is 557 g/mol. The molecule has 7 nitrogen and oxygen atoms in total. The molecule has 0 saturated heterocycles. The van der Waals surface area contributed by atoms with E-state index in [-0.39, 0.29) is 24.0 Å². The van der Waals surface area contributed by atoms with Gasteiger partial charge in [-0.1, -0.05) is 32.0 Å². The SMILES string of the molecule is CCNC(=NCc1cc(OC)c(OC)c(OC)c1)NCc1ccccc1OCC(C)C.I. The third kappa shape index (κ3) is 8.29. The van der Waals surface area contributed by atoms with Crippen LogP contribution in [0.25, 0.3) is 0 Å². The van der Waals surface area contributed by atoms with E-state index in [1.807, 2.05) is 37.3 Å². The summed E-state index contributed by atoms with van der Waals surface area (Å²) in [6.45, 7) is 8.82. The Labute approximate surface area is 208 Å². The van der Waals surface area contributed by atoms with Crippen LogP contribution in [0.2, 0.25) is 0 Å². The first-order valence-electron chi connectivity index (χ1n) is 10.5. The standard InChI is InChI=1S/C24H35N3O4.HI/c1-7-25-24(27-15-19-10-8-9-11-20(19)31-16-17(2)3)26-14-18-12-21(28-4)23(30-6)22(13-18)29-5;/h8-13,17H,7,14-16H2,1-6H3,(H2,25,26,27);1H. The van der Waals surface area contributed by atoms with Gasteiger partial charge in [-0.15, -0.1) is 24.0 Å². The molecule has 0 saturated carbocycles. The second-order valence-electron chi connectivity index (χ2n) is 7.39. The molecular weight excluding hydrogens is 521 g/mol. The van der Waals surface area contributed by atoms with Gasteiger partial charge in [0.2, 0.25) is 5.75 Å². The van der Waals surface area contributed by atoms with Crippen LogP contribution in [-0.4, -0.2) is 40.4 Å². The predicted octanol–water partition coefficient (Wildman–Crippen LogP) is 4.62. The maximum absolute atomic E-state index is 5.95. The van der Waals surface area contributed by atoms with Crippen molar-refractivity contribution >= 4 is 29.9 Å². The Hall–Kier alpha value is -2.36. The molecule has 2 rings (SSSR count). The molecule has 0 bridgehead atoms. The summed E-state index contributed by atoms with van der Waals surface area (Å²) in [7, 11) is 4.80. The van der Waals surface area contributed by atoms with Gasteiger partial charge in [-0.25, -0.2) is 4.99 Å². The Morgan fingerprint density at radius 1 is 0.938 bits per heavy atom. The zero-order chi connectivity index (χ0) is 22.6. The summed E-state index contributed by atoms with van der Waals surface area (Å²) >= 11 is 0. The van der Waals surface area contributed by atoms with Crippen molar-refractivity contribution in [2.75, 3.05) is 34.5 Å². The van der Waals surface area contributed by atoms with Gasteiger partial charge in [-0.2, -0.15) is 0 Å². The summed E-state index contributed by atoms with van der Waals surface area (Å²) < 4.78 is 22.2. The van der Waals surface area contributed by atoms with Gasteiger partial charge < -0.3 is 29.6 Å². The first-order chi connectivity index (χ1) is 15.0. The fraction of sp³-hybridized carbons (Fsp3) is 0.458. The van der Waals surface area contributed by atoms with Gasteiger partial charge in [-0.05, 0) is 36.6 Å². The molecule has 2 N–H and O–H groups in total. The lowest BCUT2D eigenvalue weighted by Gasteiger charge is -2.16. The Bertz CT molecular complexity index is 834. The summed E-state index contributed by atoms with van der Waals surface area (Å²) in [6.07, 6.45) is 0. The van der Waals surface area contributed by atoms with E-state index >= 15 is 0 Å². The number of aliphatic imine (C=N–C) groups is 1. The lowest BCUT2D eigenvalue weighted by molar-refractivity contribution is 0.268. The van der Waals surface area contributed by atoms with E-state index in [1.165, 1.54) is 0 Å². The van der Waals surface area contributed by atoms with E-state index in [0.717, 1.165) is 29.4 Å². The molecule has 0 amide bonds. The van der Waals surface area contributed by atoms with Crippen LogP contribution in [0.15, 0.2) is 41.4 Å². The highest BCUT2D eigenvalue weighted by Crippen LogP contribution is 2.38. The number of para-hydroxylation sites is 1. The molecule has 0 atom stereocenters. The molecule has 0 aliphatic carbocycles. The minimum Gasteiger partial charge on any atom is -0.493 e. The molecule has 8 heteroatoms. The Morgan fingerprint density at radius 2 is 1.59 bits per heavy atom. The molecule has 0 aromatic heterocycles. The van der Waals surface area contributed by atoms with Crippen molar-refractivity contribution in [3.63, 3.8) is 0 Å². The number of nitrogens with zero attached hydrogens (tertiary/aromatic N) is 1. The van der Waals surface area contributed by atoms with Crippen molar-refractivity contribution in [1.29, 1.82) is 0 Å². The van der Waals surface area contributed by atoms with Crippen LogP contribution in [0, 0.1) is 5.92 Å². The van der Waals surface area contributed by atoms with Gasteiger partial charge in [-0.3, -0.25) is 0 Å². The highest BCUT2D eigenvalue weighted by Gasteiger charge is 2.13. The number of rotatable bonds is 11. The van der Waals surface area contributed by atoms with Crippen molar-refractivity contribution in [3.05, 3.63) is 47.5 Å². The molecule has 32 heavy (non-hydrogen) atoms. The predicted molar refractivity (Wildman–Crippen MR) is 140 cm³/mol. The molecule has 2 aromatic rings. The highest BCUT2D eigenvalue weighted by molar-refractivity contribution is 14.0. The summed E-state index contributed by atoms with van der Waals surface area (Å²) in [5.41, 5.74) is 2.04. The first-order valence-corrected chi connectivity index (χ1v) is 10.5. The number of halogens is 1. The monoisotopic (exact) mass is 557 g/mol. The molecular formula is C24H36IN3O4. The first kappa shape index (κ1) is 27.7. The van der Waals surface area contributed by atoms with E-state index in [2.05, 4.69) is 30.5 Å². The van der Waals surface area contributed by atoms with Gasteiger partial charge in [0.05, 0.1) is 34.5 Å². The van der Waals surface area contributed by atoms with E-state index in [9.17, 15) is 0 Å². The van der Waals surface area contributed by atoms with Crippen molar-refractivity contribution < 1.29 is 18.9 Å². The third-order valence-electron chi connectivity index (χ3n) is 4.48. The normalized spacial score (nSPS) is 10.9. The number of ether oxygens (including phenoxy) is 4. The zero-order valence-electron chi connectivity index (χ0n) is 19.9. The summed E-state index contributed by atoms with van der Waals surface area (Å²) in [5, 5.41) is 6.67. The van der Waals surface area contributed by atoms with Crippen molar-refractivity contribution in [1.82, 2.24) is 10.6 Å². The molecule has 0 heterocycles. The Balaban J connectivity index is 0.00000512. The molecule has 0 spiro atoms. The zero-order valence-corrected chi connectivity index (χ0v) is 22.2. The minimum atomic E-state index is 0. The van der Waals surface area contributed by atoms with Crippen LogP contribution in [0.4, 0.5) is 0 Å². The maximum Gasteiger partial charge on any atom is 0.203 e. The lowest BCUT2D eigenvalue weighted by Crippen LogP contribution is -2.36. The van der Waals surface area contributed by atoms with Gasteiger partial charge in [0, 0.05) is 18.7 Å². The fourth-order valence-corrected chi connectivity index (χ4v) is 2.96. The second kappa shape index (κ2) is 14.7. The van der Waals surface area contributed by atoms with E-state index < -0.39 is 0 Å². The molecule has 0 unspecified atom stereocenters. The van der Waals surface area contributed by atoms with E-state index in [4.69, 9.17) is 23.9 Å². The van der Waals surface area contributed by atoms with Gasteiger partial charge in [0.1, 0.15) is 5.75 Å². The summed E-state index contributed by atoms with van der Waals surface area (Å²) in [6, 6.07) is 11.9. The Kier molecular flexibility index (Phi) is 12.7. The van der Waals surface area contributed by atoms with Crippen LogP contribution in [-0.2, 0) is 13.1 Å². The fourth-order valence-electron chi connectivity index (χ4n) is 2.96. The van der Waals surface area contributed by atoms with Crippen LogP contribution in [0.3, 0.4) is 0 Å². The molecule has 0 radical (unpaired) electrons. The van der Waals surface area contributed by atoms with Crippen molar-refractivity contribution in [2.45, 2.75) is 33.9 Å². The quantitative estimate of drug-likeness (QED) is 0.239. The van der Waals surface area contributed by atoms with Crippen LogP contribution in [0.1, 0.15) is 31.9 Å². The summed E-state index contributed by atoms with van der Waals surface area (Å²) in [5.74, 6) is 3.88. The topological polar surface area (TPSA) is 73.3 Å². The van der Waals surface area contributed by atoms with Gasteiger partial charge >= 0.3 is 0 Å². The van der Waals surface area contributed by atoms with Crippen LogP contribution >= 0.6 is 24.0 Å². The third-order valence-corrected chi connectivity index (χ3v) is 4.48. The largest absolute Gasteiger partial charge is 0.493 e. The van der Waals surface area contributed by atoms with Gasteiger partial charge in [0.15, 0.2) is 17.5 Å². The Morgan fingerprint density at radius 3 is 2.16 bits per heavy atom.